The topological polar surface area (TPSA) is 124 Å². The van der Waals surface area contributed by atoms with E-state index in [1.807, 2.05) is 0 Å². The van der Waals surface area contributed by atoms with Crippen molar-refractivity contribution in [3.05, 3.63) is 54.1 Å². The molecule has 0 unspecified atom stereocenters. The predicted octanol–water partition coefficient (Wildman–Crippen LogP) is 2.33. The highest BCUT2D eigenvalue weighted by Crippen LogP contribution is 2.22. The van der Waals surface area contributed by atoms with Crippen molar-refractivity contribution in [2.75, 3.05) is 11.9 Å². The zero-order valence-electron chi connectivity index (χ0n) is 13.2. The maximum atomic E-state index is 12.7. The van der Waals surface area contributed by atoms with Gasteiger partial charge in [0.1, 0.15) is 10.6 Å². The van der Waals surface area contributed by atoms with E-state index >= 15 is 0 Å². The highest BCUT2D eigenvalue weighted by Gasteiger charge is 2.31. The lowest BCUT2D eigenvalue weighted by molar-refractivity contribution is 0.0692. The number of aromatic hydroxyl groups is 1. The summed E-state index contributed by atoms with van der Waals surface area (Å²) in [6, 6.07) is 9.60. The van der Waals surface area contributed by atoms with Crippen LogP contribution in [0.3, 0.4) is 0 Å². The van der Waals surface area contributed by atoms with Crippen LogP contribution in [-0.2, 0) is 10.0 Å². The van der Waals surface area contributed by atoms with Gasteiger partial charge in [0.25, 0.3) is 10.0 Å². The van der Waals surface area contributed by atoms with Crippen LogP contribution in [0, 0.1) is 0 Å². The number of urea groups is 1. The van der Waals surface area contributed by atoms with Gasteiger partial charge in [0.2, 0.25) is 0 Å². The fourth-order valence-corrected chi connectivity index (χ4v) is 3.67. The minimum absolute atomic E-state index is 0.00615. The molecule has 0 saturated carbocycles. The Morgan fingerprint density at radius 3 is 2.24 bits per heavy atom. The number of nitrogens with zero attached hydrogens (tertiary/aromatic N) is 1. The summed E-state index contributed by atoms with van der Waals surface area (Å²) in [7, 11) is -4.36. The minimum atomic E-state index is -4.36. The van der Waals surface area contributed by atoms with Gasteiger partial charge in [0, 0.05) is 12.2 Å². The van der Waals surface area contributed by atoms with Gasteiger partial charge >= 0.3 is 12.0 Å². The Balaban J connectivity index is 2.37. The monoisotopic (exact) mass is 364 g/mol. The van der Waals surface area contributed by atoms with E-state index in [0.29, 0.717) is 4.31 Å². The predicted molar refractivity (Wildman–Crippen MR) is 90.1 cm³/mol. The number of rotatable bonds is 5. The number of phenolic OH excluding ortho intramolecular Hbond substituents is 1. The van der Waals surface area contributed by atoms with Gasteiger partial charge < -0.3 is 15.5 Å². The van der Waals surface area contributed by atoms with Crippen molar-refractivity contribution in [3.63, 3.8) is 0 Å². The largest absolute Gasteiger partial charge is 0.508 e. The first kappa shape index (κ1) is 18.3. The molecule has 2 aromatic carbocycles. The SMILES string of the molecule is CCN(C(=O)Nc1ccc(O)cc1)S(=O)(=O)c1ccccc1C(=O)O. The number of aromatic carboxylic acids is 1. The van der Waals surface area contributed by atoms with E-state index in [2.05, 4.69) is 5.32 Å². The highest BCUT2D eigenvalue weighted by molar-refractivity contribution is 7.89. The van der Waals surface area contributed by atoms with Crippen LogP contribution in [-0.4, -0.2) is 41.5 Å². The number of carboxylic acids is 1. The third-order valence-corrected chi connectivity index (χ3v) is 5.23. The highest BCUT2D eigenvalue weighted by atomic mass is 32.2. The summed E-state index contributed by atoms with van der Waals surface area (Å²) < 4.78 is 26.0. The van der Waals surface area contributed by atoms with E-state index < -0.39 is 32.5 Å². The van der Waals surface area contributed by atoms with Crippen LogP contribution in [0.25, 0.3) is 0 Å². The quantitative estimate of drug-likeness (QED) is 0.700. The van der Waals surface area contributed by atoms with E-state index in [-0.39, 0.29) is 18.0 Å². The van der Waals surface area contributed by atoms with Crippen molar-refractivity contribution in [1.29, 1.82) is 0 Å². The molecule has 0 aliphatic heterocycles. The van der Waals surface area contributed by atoms with Crippen molar-refractivity contribution in [2.45, 2.75) is 11.8 Å². The van der Waals surface area contributed by atoms with Crippen LogP contribution in [0.4, 0.5) is 10.5 Å². The molecule has 9 heteroatoms. The number of amides is 2. The van der Waals surface area contributed by atoms with E-state index in [4.69, 9.17) is 0 Å². The van der Waals surface area contributed by atoms with Gasteiger partial charge in [-0.1, -0.05) is 12.1 Å². The van der Waals surface area contributed by atoms with Crippen molar-refractivity contribution < 1.29 is 28.2 Å². The Morgan fingerprint density at radius 1 is 1.08 bits per heavy atom. The van der Waals surface area contributed by atoms with Gasteiger partial charge in [0.05, 0.1) is 5.56 Å². The van der Waals surface area contributed by atoms with Gasteiger partial charge in [-0.15, -0.1) is 0 Å². The van der Waals surface area contributed by atoms with Crippen LogP contribution < -0.4 is 5.32 Å². The first-order chi connectivity index (χ1) is 11.8. The van der Waals surface area contributed by atoms with Gasteiger partial charge in [-0.3, -0.25) is 0 Å². The van der Waals surface area contributed by atoms with Crippen molar-refractivity contribution >= 4 is 27.7 Å². The molecular formula is C16H16N2O6S. The summed E-state index contributed by atoms with van der Waals surface area (Å²) in [5.74, 6) is -1.41. The molecule has 0 saturated heterocycles. The summed E-state index contributed by atoms with van der Waals surface area (Å²) in [6.07, 6.45) is 0. The standard InChI is InChI=1S/C16H16N2O6S/c1-2-18(16(22)17-11-7-9-12(19)10-8-11)25(23,24)14-6-4-3-5-13(14)15(20)21/h3-10,19H,2H2,1H3,(H,17,22)(H,20,21). The van der Waals surface area contributed by atoms with Gasteiger partial charge in [-0.05, 0) is 43.3 Å². The van der Waals surface area contributed by atoms with Crippen LogP contribution in [0.2, 0.25) is 0 Å². The average molecular weight is 364 g/mol. The van der Waals surface area contributed by atoms with Crippen LogP contribution in [0.1, 0.15) is 17.3 Å². The number of hydrogen-bond acceptors (Lipinski definition) is 5. The summed E-state index contributed by atoms with van der Waals surface area (Å²) in [4.78, 5) is 23.2. The number of anilines is 1. The molecule has 0 bridgehead atoms. The maximum absolute atomic E-state index is 12.7. The molecule has 3 N–H and O–H groups in total. The van der Waals surface area contributed by atoms with E-state index in [0.717, 1.165) is 12.1 Å². The molecule has 8 nitrogen and oxygen atoms in total. The number of carbonyl (C=O) groups excluding carboxylic acids is 1. The summed E-state index contributed by atoms with van der Waals surface area (Å²) in [6.45, 7) is 1.26. The minimum Gasteiger partial charge on any atom is -0.508 e. The molecule has 2 aromatic rings. The molecular weight excluding hydrogens is 348 g/mol. The molecule has 0 heterocycles. The number of sulfonamides is 1. The molecule has 0 fully saturated rings. The lowest BCUT2D eigenvalue weighted by Gasteiger charge is -2.22. The third kappa shape index (κ3) is 3.89. The van der Waals surface area contributed by atoms with Gasteiger partial charge in [-0.25, -0.2) is 22.3 Å². The van der Waals surface area contributed by atoms with Crippen LogP contribution in [0.5, 0.6) is 5.75 Å². The first-order valence-electron chi connectivity index (χ1n) is 7.22. The number of benzene rings is 2. The average Bonchev–Trinajstić information content (AvgIpc) is 2.57. The molecule has 0 aromatic heterocycles. The second-order valence-electron chi connectivity index (χ2n) is 4.95. The second kappa shape index (κ2) is 7.22. The summed E-state index contributed by atoms with van der Waals surface area (Å²) in [5, 5.41) is 20.8. The van der Waals surface area contributed by atoms with Crippen LogP contribution >= 0.6 is 0 Å². The first-order valence-corrected chi connectivity index (χ1v) is 8.66. The fourth-order valence-electron chi connectivity index (χ4n) is 2.14. The lowest BCUT2D eigenvalue weighted by atomic mass is 10.2. The van der Waals surface area contributed by atoms with E-state index in [1.54, 1.807) is 0 Å². The lowest BCUT2D eigenvalue weighted by Crippen LogP contribution is -2.40. The molecule has 25 heavy (non-hydrogen) atoms. The second-order valence-corrected chi connectivity index (χ2v) is 6.78. The molecule has 132 valence electrons. The van der Waals surface area contributed by atoms with Crippen molar-refractivity contribution in [2.24, 2.45) is 0 Å². The van der Waals surface area contributed by atoms with Gasteiger partial charge in [0.15, 0.2) is 0 Å². The Bertz CT molecular complexity index is 893. The Labute approximate surface area is 144 Å². The Morgan fingerprint density at radius 2 is 1.68 bits per heavy atom. The fraction of sp³-hybridized carbons (Fsp3) is 0.125. The number of nitrogens with one attached hydrogen (secondary N) is 1. The smallest absolute Gasteiger partial charge is 0.337 e. The van der Waals surface area contributed by atoms with Gasteiger partial charge in [-0.2, -0.15) is 0 Å². The molecule has 0 atom stereocenters. The van der Waals surface area contributed by atoms with Crippen molar-refractivity contribution in [3.8, 4) is 5.75 Å². The zero-order valence-corrected chi connectivity index (χ0v) is 14.0. The molecule has 0 spiro atoms. The van der Waals surface area contributed by atoms with Crippen molar-refractivity contribution in [1.82, 2.24) is 4.31 Å². The number of carboxylic acid groups (broad SMARTS) is 1. The molecule has 0 aliphatic carbocycles. The number of phenols is 1. The third-order valence-electron chi connectivity index (χ3n) is 3.32. The Hall–Kier alpha value is -3.07. The number of hydrogen-bond donors (Lipinski definition) is 3. The van der Waals surface area contributed by atoms with E-state index in [1.165, 1.54) is 43.3 Å². The molecule has 0 aliphatic rings. The maximum Gasteiger partial charge on any atom is 0.337 e. The summed E-state index contributed by atoms with van der Waals surface area (Å²) in [5.41, 5.74) is -0.138. The zero-order chi connectivity index (χ0) is 18.6. The normalized spacial score (nSPS) is 10.9. The summed E-state index contributed by atoms with van der Waals surface area (Å²) >= 11 is 0. The molecule has 2 rings (SSSR count). The van der Waals surface area contributed by atoms with Crippen LogP contribution in [0.15, 0.2) is 53.4 Å². The Kier molecular flexibility index (Phi) is 5.28. The molecule has 0 radical (unpaired) electrons. The number of carbonyl (C=O) groups is 2. The molecule has 2 amide bonds. The van der Waals surface area contributed by atoms with E-state index in [9.17, 15) is 28.2 Å².